The van der Waals surface area contributed by atoms with Gasteiger partial charge in [-0.1, -0.05) is 25.3 Å². The Morgan fingerprint density at radius 3 is 2.54 bits per heavy atom. The van der Waals surface area contributed by atoms with Crippen LogP contribution in [0.4, 0.5) is 0 Å². The van der Waals surface area contributed by atoms with Gasteiger partial charge in [0.15, 0.2) is 6.23 Å². The second kappa shape index (κ2) is 6.48. The number of ether oxygens (including phenoxy) is 1. The Kier molecular flexibility index (Phi) is 4.35. The van der Waals surface area contributed by atoms with Gasteiger partial charge in [-0.25, -0.2) is 0 Å². The maximum absolute atomic E-state index is 10.2. The zero-order chi connectivity index (χ0) is 16.7. The van der Waals surface area contributed by atoms with E-state index in [0.717, 1.165) is 10.9 Å². The lowest BCUT2D eigenvalue weighted by Gasteiger charge is -2.22. The third-order valence-corrected chi connectivity index (χ3v) is 5.61. The summed E-state index contributed by atoms with van der Waals surface area (Å²) in [6.45, 7) is -0.306. The molecule has 2 heterocycles. The molecule has 0 bridgehead atoms. The highest BCUT2D eigenvalue weighted by molar-refractivity contribution is 5.81. The van der Waals surface area contributed by atoms with Crippen molar-refractivity contribution in [2.75, 3.05) is 6.61 Å². The number of aliphatic hydroxyl groups is 3. The zero-order valence-electron chi connectivity index (χ0n) is 13.7. The minimum absolute atomic E-state index is 0.306. The molecule has 4 rings (SSSR count). The van der Waals surface area contributed by atoms with Crippen LogP contribution >= 0.6 is 0 Å². The van der Waals surface area contributed by atoms with Gasteiger partial charge in [-0.2, -0.15) is 0 Å². The summed E-state index contributed by atoms with van der Waals surface area (Å²) in [4.78, 5) is 0. The van der Waals surface area contributed by atoms with Crippen molar-refractivity contribution >= 4 is 10.9 Å². The minimum atomic E-state index is -1.07. The molecular formula is C19H25NO4. The highest BCUT2D eigenvalue weighted by Crippen LogP contribution is 2.36. The van der Waals surface area contributed by atoms with Crippen molar-refractivity contribution in [2.24, 2.45) is 0 Å². The van der Waals surface area contributed by atoms with Crippen LogP contribution in [-0.2, 0) is 4.74 Å². The second-order valence-electron chi connectivity index (χ2n) is 7.11. The van der Waals surface area contributed by atoms with Crippen LogP contribution in [-0.4, -0.2) is 44.8 Å². The molecule has 0 spiro atoms. The third kappa shape index (κ3) is 2.65. The maximum atomic E-state index is 10.2. The van der Waals surface area contributed by atoms with Gasteiger partial charge in [0.1, 0.15) is 18.3 Å². The Balaban J connectivity index is 1.63. The first kappa shape index (κ1) is 16.1. The lowest BCUT2D eigenvalue weighted by atomic mass is 9.84. The molecule has 0 amide bonds. The van der Waals surface area contributed by atoms with Crippen LogP contribution in [0.3, 0.4) is 0 Å². The van der Waals surface area contributed by atoms with Gasteiger partial charge in [0.2, 0.25) is 0 Å². The average Bonchev–Trinajstić information content (AvgIpc) is 3.17. The molecule has 2 aliphatic rings. The molecule has 0 unspecified atom stereocenters. The number of rotatable bonds is 3. The molecule has 4 atom stereocenters. The van der Waals surface area contributed by atoms with E-state index < -0.39 is 24.5 Å². The molecule has 1 aliphatic carbocycles. The lowest BCUT2D eigenvalue weighted by Crippen LogP contribution is -2.33. The summed E-state index contributed by atoms with van der Waals surface area (Å²) in [6, 6.07) is 8.52. The SMILES string of the molecule is OC[C@H]1O[C@@H](n2ccc3cc(C4CCCCC4)ccc32)[C@H](O)[C@@H]1O. The van der Waals surface area contributed by atoms with E-state index in [2.05, 4.69) is 18.2 Å². The molecule has 1 aromatic heterocycles. The predicted molar refractivity (Wildman–Crippen MR) is 90.8 cm³/mol. The summed E-state index contributed by atoms with van der Waals surface area (Å²) in [5.74, 6) is 0.653. The number of aliphatic hydroxyl groups excluding tert-OH is 3. The first-order valence-corrected chi connectivity index (χ1v) is 8.92. The summed E-state index contributed by atoms with van der Waals surface area (Å²) in [5, 5.41) is 30.6. The van der Waals surface area contributed by atoms with Crippen LogP contribution in [0.2, 0.25) is 0 Å². The summed E-state index contributed by atoms with van der Waals surface area (Å²) >= 11 is 0. The van der Waals surface area contributed by atoms with Crippen LogP contribution in [0, 0.1) is 0 Å². The average molecular weight is 331 g/mol. The third-order valence-electron chi connectivity index (χ3n) is 5.61. The molecule has 5 heteroatoms. The fourth-order valence-corrected chi connectivity index (χ4v) is 4.20. The van der Waals surface area contributed by atoms with Gasteiger partial charge in [0.05, 0.1) is 12.1 Å². The first-order chi connectivity index (χ1) is 11.7. The van der Waals surface area contributed by atoms with E-state index in [1.807, 2.05) is 16.8 Å². The van der Waals surface area contributed by atoms with Crippen molar-refractivity contribution in [2.45, 2.75) is 62.6 Å². The second-order valence-corrected chi connectivity index (χ2v) is 7.11. The van der Waals surface area contributed by atoms with E-state index >= 15 is 0 Å². The van der Waals surface area contributed by atoms with Gasteiger partial charge in [-0.3, -0.25) is 0 Å². The van der Waals surface area contributed by atoms with Crippen molar-refractivity contribution in [3.63, 3.8) is 0 Å². The number of aromatic nitrogens is 1. The van der Waals surface area contributed by atoms with Crippen LogP contribution in [0.1, 0.15) is 49.8 Å². The number of hydrogen-bond acceptors (Lipinski definition) is 4. The Bertz CT molecular complexity index is 706. The van der Waals surface area contributed by atoms with Crippen molar-refractivity contribution in [3.8, 4) is 0 Å². The zero-order valence-corrected chi connectivity index (χ0v) is 13.7. The molecule has 24 heavy (non-hydrogen) atoms. The van der Waals surface area contributed by atoms with Gasteiger partial charge in [-0.05, 0) is 47.9 Å². The van der Waals surface area contributed by atoms with Crippen LogP contribution in [0.25, 0.3) is 10.9 Å². The van der Waals surface area contributed by atoms with Crippen LogP contribution < -0.4 is 0 Å². The van der Waals surface area contributed by atoms with Gasteiger partial charge in [0.25, 0.3) is 0 Å². The van der Waals surface area contributed by atoms with Gasteiger partial charge in [0, 0.05) is 6.20 Å². The molecule has 1 saturated heterocycles. The Morgan fingerprint density at radius 1 is 1.04 bits per heavy atom. The first-order valence-electron chi connectivity index (χ1n) is 8.92. The molecule has 5 nitrogen and oxygen atoms in total. The molecular weight excluding hydrogens is 306 g/mol. The molecule has 0 radical (unpaired) electrons. The number of benzene rings is 1. The van der Waals surface area contributed by atoms with Crippen molar-refractivity contribution in [1.82, 2.24) is 4.57 Å². The van der Waals surface area contributed by atoms with Gasteiger partial charge < -0.3 is 24.6 Å². The van der Waals surface area contributed by atoms with Crippen molar-refractivity contribution in [3.05, 3.63) is 36.0 Å². The molecule has 1 aliphatic heterocycles. The molecule has 2 aromatic rings. The van der Waals surface area contributed by atoms with E-state index in [-0.39, 0.29) is 6.61 Å². The topological polar surface area (TPSA) is 74.9 Å². The Hall–Kier alpha value is -1.40. The van der Waals surface area contributed by atoms with Gasteiger partial charge in [-0.15, -0.1) is 0 Å². The predicted octanol–water partition coefficient (Wildman–Crippen LogP) is 2.30. The smallest absolute Gasteiger partial charge is 0.163 e. The Labute approximate surface area is 141 Å². The summed E-state index contributed by atoms with van der Waals surface area (Å²) in [5.41, 5.74) is 2.37. The maximum Gasteiger partial charge on any atom is 0.163 e. The molecule has 1 aromatic carbocycles. The van der Waals surface area contributed by atoms with Gasteiger partial charge >= 0.3 is 0 Å². The highest BCUT2D eigenvalue weighted by atomic mass is 16.6. The van der Waals surface area contributed by atoms with Crippen molar-refractivity contribution in [1.29, 1.82) is 0 Å². The monoisotopic (exact) mass is 331 g/mol. The lowest BCUT2D eigenvalue weighted by molar-refractivity contribution is -0.0506. The quantitative estimate of drug-likeness (QED) is 0.807. The largest absolute Gasteiger partial charge is 0.394 e. The van der Waals surface area contributed by atoms with E-state index in [9.17, 15) is 15.3 Å². The fourth-order valence-electron chi connectivity index (χ4n) is 4.20. The molecule has 2 fully saturated rings. The van der Waals surface area contributed by atoms with Crippen LogP contribution in [0.5, 0.6) is 0 Å². The molecule has 3 N–H and O–H groups in total. The van der Waals surface area contributed by atoms with E-state index in [1.165, 1.54) is 37.7 Å². The normalized spacial score (nSPS) is 31.8. The number of fused-ring (bicyclic) bond motifs is 1. The molecule has 130 valence electrons. The molecule has 1 saturated carbocycles. The van der Waals surface area contributed by atoms with E-state index in [4.69, 9.17) is 4.74 Å². The fraction of sp³-hybridized carbons (Fsp3) is 0.579. The standard InChI is InChI=1S/C19H25NO4/c21-11-16-17(22)18(23)19(24-16)20-9-8-14-10-13(6-7-15(14)20)12-4-2-1-3-5-12/h6-10,12,16-19,21-23H,1-5,11H2/t16-,17-,18-,19-/m1/s1. The minimum Gasteiger partial charge on any atom is -0.394 e. The van der Waals surface area contributed by atoms with E-state index in [0.29, 0.717) is 5.92 Å². The summed E-state index contributed by atoms with van der Waals surface area (Å²) < 4.78 is 7.50. The van der Waals surface area contributed by atoms with E-state index in [1.54, 1.807) is 0 Å². The highest BCUT2D eigenvalue weighted by Gasteiger charge is 2.43. The number of nitrogens with zero attached hydrogens (tertiary/aromatic N) is 1. The van der Waals surface area contributed by atoms with Crippen LogP contribution in [0.15, 0.2) is 30.5 Å². The Morgan fingerprint density at radius 2 is 1.83 bits per heavy atom. The number of hydrogen-bond donors (Lipinski definition) is 3. The summed E-state index contributed by atoms with van der Waals surface area (Å²) in [7, 11) is 0. The summed E-state index contributed by atoms with van der Waals surface area (Å²) in [6.07, 6.45) is 4.85. The van der Waals surface area contributed by atoms with Crippen molar-refractivity contribution < 1.29 is 20.1 Å².